The molecule has 3 nitrogen and oxygen atoms in total. The summed E-state index contributed by atoms with van der Waals surface area (Å²) in [5.74, 6) is -0.931. The Hall–Kier alpha value is -1.84. The molecular formula is C15H13ClO3. The number of rotatable bonds is 5. The van der Waals surface area contributed by atoms with Crippen molar-refractivity contribution >= 4 is 17.6 Å². The second-order valence-corrected chi connectivity index (χ2v) is 4.56. The van der Waals surface area contributed by atoms with E-state index in [1.165, 1.54) is 0 Å². The van der Waals surface area contributed by atoms with Crippen LogP contribution < -0.4 is 0 Å². The molecule has 0 fully saturated rings. The van der Waals surface area contributed by atoms with Crippen LogP contribution in [0.3, 0.4) is 0 Å². The fourth-order valence-corrected chi connectivity index (χ4v) is 1.79. The van der Waals surface area contributed by atoms with E-state index in [-0.39, 0.29) is 5.56 Å². The van der Waals surface area contributed by atoms with Crippen LogP contribution in [0.1, 0.15) is 21.5 Å². The summed E-state index contributed by atoms with van der Waals surface area (Å²) in [7, 11) is 0. The standard InChI is InChI=1S/C15H13ClO3/c16-14-6-4-11(5-7-14)9-19-10-12-2-1-3-13(8-12)15(17)18/h1-8H,9-10H2,(H,17,18). The summed E-state index contributed by atoms with van der Waals surface area (Å²) in [5.41, 5.74) is 2.14. The lowest BCUT2D eigenvalue weighted by Crippen LogP contribution is -1.99. The molecule has 98 valence electrons. The molecule has 0 bridgehead atoms. The topological polar surface area (TPSA) is 46.5 Å². The predicted octanol–water partition coefficient (Wildman–Crippen LogP) is 3.76. The summed E-state index contributed by atoms with van der Waals surface area (Å²) < 4.78 is 5.54. The number of ether oxygens (including phenoxy) is 1. The summed E-state index contributed by atoms with van der Waals surface area (Å²) in [6.07, 6.45) is 0. The molecule has 0 unspecified atom stereocenters. The van der Waals surface area contributed by atoms with Crippen molar-refractivity contribution in [3.63, 3.8) is 0 Å². The van der Waals surface area contributed by atoms with Crippen molar-refractivity contribution in [2.75, 3.05) is 0 Å². The van der Waals surface area contributed by atoms with Gasteiger partial charge in [-0.3, -0.25) is 0 Å². The maximum absolute atomic E-state index is 10.8. The van der Waals surface area contributed by atoms with E-state index in [0.717, 1.165) is 11.1 Å². The molecule has 0 radical (unpaired) electrons. The zero-order valence-corrected chi connectivity index (χ0v) is 10.9. The number of hydrogen-bond donors (Lipinski definition) is 1. The minimum absolute atomic E-state index is 0.271. The van der Waals surface area contributed by atoms with Crippen LogP contribution in [0.15, 0.2) is 48.5 Å². The second kappa shape index (κ2) is 6.36. The van der Waals surface area contributed by atoms with Crippen molar-refractivity contribution in [3.8, 4) is 0 Å². The van der Waals surface area contributed by atoms with Crippen LogP contribution in [-0.2, 0) is 18.0 Å². The highest BCUT2D eigenvalue weighted by atomic mass is 35.5. The van der Waals surface area contributed by atoms with Crippen LogP contribution in [0.5, 0.6) is 0 Å². The molecule has 2 aromatic carbocycles. The van der Waals surface area contributed by atoms with E-state index < -0.39 is 5.97 Å². The number of aromatic carboxylic acids is 1. The highest BCUT2D eigenvalue weighted by molar-refractivity contribution is 6.30. The SMILES string of the molecule is O=C(O)c1cccc(COCc2ccc(Cl)cc2)c1. The zero-order chi connectivity index (χ0) is 13.7. The third kappa shape index (κ3) is 4.09. The number of carboxylic acids is 1. The lowest BCUT2D eigenvalue weighted by atomic mass is 10.1. The minimum Gasteiger partial charge on any atom is -0.478 e. The molecule has 0 aliphatic carbocycles. The van der Waals surface area contributed by atoms with Crippen molar-refractivity contribution in [3.05, 3.63) is 70.2 Å². The summed E-state index contributed by atoms with van der Waals surface area (Å²) in [6.45, 7) is 0.845. The fraction of sp³-hybridized carbons (Fsp3) is 0.133. The van der Waals surface area contributed by atoms with E-state index in [1.807, 2.05) is 30.3 Å². The van der Waals surface area contributed by atoms with Gasteiger partial charge in [-0.1, -0.05) is 35.9 Å². The first-order valence-electron chi connectivity index (χ1n) is 5.79. The molecule has 1 N–H and O–H groups in total. The average Bonchev–Trinajstić information content (AvgIpc) is 2.41. The number of halogens is 1. The van der Waals surface area contributed by atoms with Gasteiger partial charge in [-0.05, 0) is 35.4 Å². The Balaban J connectivity index is 1.90. The predicted molar refractivity (Wildman–Crippen MR) is 73.3 cm³/mol. The monoisotopic (exact) mass is 276 g/mol. The Bertz CT molecular complexity index is 564. The van der Waals surface area contributed by atoms with Gasteiger partial charge >= 0.3 is 5.97 Å². The van der Waals surface area contributed by atoms with Crippen molar-refractivity contribution in [2.45, 2.75) is 13.2 Å². The van der Waals surface area contributed by atoms with Gasteiger partial charge in [-0.2, -0.15) is 0 Å². The summed E-state index contributed by atoms with van der Waals surface area (Å²) >= 11 is 5.79. The van der Waals surface area contributed by atoms with Gasteiger partial charge in [0.2, 0.25) is 0 Å². The molecule has 0 aromatic heterocycles. The maximum Gasteiger partial charge on any atom is 0.335 e. The lowest BCUT2D eigenvalue weighted by molar-refractivity contribution is 0.0696. The van der Waals surface area contributed by atoms with E-state index in [4.69, 9.17) is 21.4 Å². The fourth-order valence-electron chi connectivity index (χ4n) is 1.66. The molecular weight excluding hydrogens is 264 g/mol. The van der Waals surface area contributed by atoms with Crippen molar-refractivity contribution in [2.24, 2.45) is 0 Å². The Morgan fingerprint density at radius 3 is 2.42 bits per heavy atom. The van der Waals surface area contributed by atoms with Crippen LogP contribution in [0, 0.1) is 0 Å². The highest BCUT2D eigenvalue weighted by Gasteiger charge is 2.03. The second-order valence-electron chi connectivity index (χ2n) is 4.12. The average molecular weight is 277 g/mol. The normalized spacial score (nSPS) is 10.4. The molecule has 0 spiro atoms. The van der Waals surface area contributed by atoms with Crippen molar-refractivity contribution < 1.29 is 14.6 Å². The van der Waals surface area contributed by atoms with E-state index in [1.54, 1.807) is 18.2 Å². The molecule has 0 aliphatic rings. The van der Waals surface area contributed by atoms with Gasteiger partial charge in [-0.15, -0.1) is 0 Å². The van der Waals surface area contributed by atoms with Crippen molar-refractivity contribution in [1.29, 1.82) is 0 Å². The van der Waals surface area contributed by atoms with Gasteiger partial charge in [0.1, 0.15) is 0 Å². The quantitative estimate of drug-likeness (QED) is 0.904. The largest absolute Gasteiger partial charge is 0.478 e. The molecule has 19 heavy (non-hydrogen) atoms. The molecule has 0 amide bonds. The lowest BCUT2D eigenvalue weighted by Gasteiger charge is -2.05. The molecule has 4 heteroatoms. The van der Waals surface area contributed by atoms with Gasteiger partial charge < -0.3 is 9.84 Å². The van der Waals surface area contributed by atoms with Crippen molar-refractivity contribution in [1.82, 2.24) is 0 Å². The number of benzene rings is 2. The maximum atomic E-state index is 10.8. The van der Waals surface area contributed by atoms with Crippen LogP contribution in [0.25, 0.3) is 0 Å². The van der Waals surface area contributed by atoms with Gasteiger partial charge in [0, 0.05) is 5.02 Å². The summed E-state index contributed by atoms with van der Waals surface area (Å²) in [5, 5.41) is 9.58. The smallest absolute Gasteiger partial charge is 0.335 e. The Labute approximate surface area is 116 Å². The third-order valence-corrected chi connectivity index (χ3v) is 2.88. The molecule has 0 atom stereocenters. The van der Waals surface area contributed by atoms with E-state index in [9.17, 15) is 4.79 Å². The third-order valence-electron chi connectivity index (χ3n) is 2.62. The zero-order valence-electron chi connectivity index (χ0n) is 10.2. The molecule has 0 saturated carbocycles. The molecule has 0 saturated heterocycles. The van der Waals surface area contributed by atoms with E-state index >= 15 is 0 Å². The highest BCUT2D eigenvalue weighted by Crippen LogP contribution is 2.12. The van der Waals surface area contributed by atoms with Crippen LogP contribution in [0.4, 0.5) is 0 Å². The van der Waals surface area contributed by atoms with E-state index in [0.29, 0.717) is 18.2 Å². The van der Waals surface area contributed by atoms with Gasteiger partial charge in [0.15, 0.2) is 0 Å². The van der Waals surface area contributed by atoms with Crippen LogP contribution >= 0.6 is 11.6 Å². The van der Waals surface area contributed by atoms with Gasteiger partial charge in [0.25, 0.3) is 0 Å². The number of hydrogen-bond acceptors (Lipinski definition) is 2. The molecule has 0 aliphatic heterocycles. The number of carboxylic acid groups (broad SMARTS) is 1. The minimum atomic E-state index is -0.931. The molecule has 0 heterocycles. The number of carbonyl (C=O) groups is 1. The Morgan fingerprint density at radius 2 is 1.74 bits per heavy atom. The first-order chi connectivity index (χ1) is 9.15. The Morgan fingerprint density at radius 1 is 1.05 bits per heavy atom. The molecule has 2 rings (SSSR count). The van der Waals surface area contributed by atoms with Gasteiger partial charge in [0.05, 0.1) is 18.8 Å². The van der Waals surface area contributed by atoms with Crippen LogP contribution in [0.2, 0.25) is 5.02 Å². The first-order valence-corrected chi connectivity index (χ1v) is 6.17. The van der Waals surface area contributed by atoms with E-state index in [2.05, 4.69) is 0 Å². The summed E-state index contributed by atoms with van der Waals surface area (Å²) in [4.78, 5) is 10.8. The van der Waals surface area contributed by atoms with Crippen LogP contribution in [-0.4, -0.2) is 11.1 Å². The van der Waals surface area contributed by atoms with Gasteiger partial charge in [-0.25, -0.2) is 4.79 Å². The summed E-state index contributed by atoms with van der Waals surface area (Å²) in [6, 6.07) is 14.1. The first kappa shape index (κ1) is 13.6. The molecule has 2 aromatic rings. The Kier molecular flexibility index (Phi) is 4.55.